The highest BCUT2D eigenvalue weighted by Gasteiger charge is 2.04. The van der Waals surface area contributed by atoms with Crippen LogP contribution < -0.4 is 5.73 Å². The van der Waals surface area contributed by atoms with Gasteiger partial charge in [-0.1, -0.05) is 19.4 Å². The van der Waals surface area contributed by atoms with Gasteiger partial charge in [-0.3, -0.25) is 4.79 Å². The second-order valence-corrected chi connectivity index (χ2v) is 3.54. The Bertz CT molecular complexity index is 372. The van der Waals surface area contributed by atoms with E-state index in [4.69, 9.17) is 11.1 Å². The van der Waals surface area contributed by atoms with Crippen LogP contribution in [0.5, 0.6) is 0 Å². The molecule has 0 bridgehead atoms. The van der Waals surface area contributed by atoms with Gasteiger partial charge in [0.25, 0.3) is 0 Å². The second kappa shape index (κ2) is 5.29. The average molecular weight is 204 g/mol. The molecule has 0 atom stereocenters. The first kappa shape index (κ1) is 11.4. The molecule has 0 aliphatic heterocycles. The Hall–Kier alpha value is -1.64. The third kappa shape index (κ3) is 2.91. The number of hydrogen-bond acceptors (Lipinski definition) is 3. The van der Waals surface area contributed by atoms with Crippen LogP contribution in [0, 0.1) is 5.41 Å². The topological polar surface area (TPSA) is 66.9 Å². The summed E-state index contributed by atoms with van der Waals surface area (Å²) in [5.41, 5.74) is 7.90. The molecule has 0 aromatic heterocycles. The molecule has 0 saturated carbocycles. The van der Waals surface area contributed by atoms with Gasteiger partial charge in [0.15, 0.2) is 6.29 Å². The van der Waals surface area contributed by atoms with Crippen LogP contribution in [-0.2, 0) is 0 Å². The third-order valence-corrected chi connectivity index (χ3v) is 2.34. The van der Waals surface area contributed by atoms with Crippen molar-refractivity contribution in [3.8, 4) is 0 Å². The maximum absolute atomic E-state index is 10.7. The monoisotopic (exact) mass is 204 g/mol. The molecule has 0 amide bonds. The van der Waals surface area contributed by atoms with Gasteiger partial charge < -0.3 is 11.1 Å². The number of carbonyl (C=O) groups is 1. The van der Waals surface area contributed by atoms with Gasteiger partial charge in [-0.05, 0) is 30.5 Å². The molecule has 1 aromatic rings. The van der Waals surface area contributed by atoms with Crippen molar-refractivity contribution >= 4 is 17.7 Å². The predicted octanol–water partition coefficient (Wildman–Crippen LogP) is 2.64. The lowest BCUT2D eigenvalue weighted by Gasteiger charge is -2.05. The normalized spacial score (nSPS) is 9.93. The lowest BCUT2D eigenvalue weighted by molar-refractivity contribution is 0.112. The lowest BCUT2D eigenvalue weighted by Crippen LogP contribution is -2.01. The molecule has 0 unspecified atom stereocenters. The van der Waals surface area contributed by atoms with Crippen LogP contribution in [-0.4, -0.2) is 12.0 Å². The highest BCUT2D eigenvalue weighted by atomic mass is 16.1. The van der Waals surface area contributed by atoms with Gasteiger partial charge in [0.1, 0.15) is 0 Å². The van der Waals surface area contributed by atoms with Crippen molar-refractivity contribution in [1.29, 1.82) is 5.41 Å². The summed E-state index contributed by atoms with van der Waals surface area (Å²) in [6.45, 7) is 2.09. The number of nitrogens with two attached hydrogens (primary N) is 1. The highest BCUT2D eigenvalue weighted by Crippen LogP contribution is 2.14. The fourth-order valence-corrected chi connectivity index (χ4v) is 1.36. The number of nitrogen functional groups attached to an aromatic ring is 1. The molecule has 0 heterocycles. The van der Waals surface area contributed by atoms with Crippen LogP contribution in [0.3, 0.4) is 0 Å². The smallest absolute Gasteiger partial charge is 0.152 e. The Kier molecular flexibility index (Phi) is 4.03. The molecule has 0 saturated heterocycles. The maximum Gasteiger partial charge on any atom is 0.152 e. The Morgan fingerprint density at radius 2 is 2.27 bits per heavy atom. The molecular formula is C12H16N2O. The summed E-state index contributed by atoms with van der Waals surface area (Å²) in [7, 11) is 0. The molecule has 0 aliphatic rings. The summed E-state index contributed by atoms with van der Waals surface area (Å²) in [4.78, 5) is 10.7. The molecule has 80 valence electrons. The molecule has 3 N–H and O–H groups in total. The average Bonchev–Trinajstić information content (AvgIpc) is 2.26. The Balaban J connectivity index is 2.86. The first-order valence-corrected chi connectivity index (χ1v) is 5.11. The van der Waals surface area contributed by atoms with E-state index >= 15 is 0 Å². The number of rotatable bonds is 5. The Labute approximate surface area is 89.8 Å². The van der Waals surface area contributed by atoms with Gasteiger partial charge in [0.2, 0.25) is 0 Å². The number of nitrogens with one attached hydrogen (secondary N) is 1. The maximum atomic E-state index is 10.7. The van der Waals surface area contributed by atoms with Crippen molar-refractivity contribution in [2.24, 2.45) is 0 Å². The summed E-state index contributed by atoms with van der Waals surface area (Å²) in [6, 6.07) is 5.15. The van der Waals surface area contributed by atoms with Crippen molar-refractivity contribution in [3.63, 3.8) is 0 Å². The van der Waals surface area contributed by atoms with Crippen molar-refractivity contribution in [3.05, 3.63) is 29.3 Å². The molecule has 15 heavy (non-hydrogen) atoms. The molecule has 0 spiro atoms. The Morgan fingerprint density at radius 1 is 1.53 bits per heavy atom. The van der Waals surface area contributed by atoms with Crippen LogP contribution in [0.4, 0.5) is 5.69 Å². The van der Waals surface area contributed by atoms with E-state index in [2.05, 4.69) is 6.92 Å². The van der Waals surface area contributed by atoms with E-state index in [1.165, 1.54) is 0 Å². The molecule has 3 nitrogen and oxygen atoms in total. The SMILES string of the molecule is CCCCC(=N)c1ccc(N)c(C=O)c1. The van der Waals surface area contributed by atoms with Gasteiger partial charge in [-0.15, -0.1) is 0 Å². The standard InChI is InChI=1S/C12H16N2O/c1-2-3-4-11(13)9-5-6-12(14)10(7-9)8-15/h5-8,13H,2-4,14H2,1H3. The minimum absolute atomic E-state index is 0.466. The van der Waals surface area contributed by atoms with Crippen molar-refractivity contribution in [2.45, 2.75) is 26.2 Å². The Morgan fingerprint density at radius 3 is 2.87 bits per heavy atom. The zero-order valence-electron chi connectivity index (χ0n) is 8.92. The molecule has 0 aliphatic carbocycles. The summed E-state index contributed by atoms with van der Waals surface area (Å²) in [6.07, 6.45) is 3.54. The number of carbonyl (C=O) groups excluding carboxylic acids is 1. The molecule has 1 aromatic carbocycles. The van der Waals surface area contributed by atoms with Gasteiger partial charge in [-0.25, -0.2) is 0 Å². The van der Waals surface area contributed by atoms with Crippen molar-refractivity contribution in [1.82, 2.24) is 0 Å². The minimum Gasteiger partial charge on any atom is -0.398 e. The van der Waals surface area contributed by atoms with Crippen molar-refractivity contribution in [2.75, 3.05) is 5.73 Å². The van der Waals surface area contributed by atoms with E-state index in [1.54, 1.807) is 18.2 Å². The van der Waals surface area contributed by atoms with Gasteiger partial charge in [0, 0.05) is 17.0 Å². The number of aldehydes is 1. The van der Waals surface area contributed by atoms with Crippen LogP contribution in [0.1, 0.15) is 42.1 Å². The van der Waals surface area contributed by atoms with E-state index in [1.807, 2.05) is 0 Å². The predicted molar refractivity (Wildman–Crippen MR) is 62.6 cm³/mol. The van der Waals surface area contributed by atoms with E-state index in [9.17, 15) is 4.79 Å². The van der Waals surface area contributed by atoms with E-state index in [0.29, 0.717) is 17.0 Å². The van der Waals surface area contributed by atoms with Crippen LogP contribution in [0.25, 0.3) is 0 Å². The minimum atomic E-state index is 0.466. The lowest BCUT2D eigenvalue weighted by atomic mass is 10.0. The molecular weight excluding hydrogens is 188 g/mol. The molecule has 0 fully saturated rings. The van der Waals surface area contributed by atoms with Crippen LogP contribution in [0.15, 0.2) is 18.2 Å². The van der Waals surface area contributed by atoms with Gasteiger partial charge in [-0.2, -0.15) is 0 Å². The van der Waals surface area contributed by atoms with E-state index in [-0.39, 0.29) is 0 Å². The molecule has 0 radical (unpaired) electrons. The van der Waals surface area contributed by atoms with E-state index < -0.39 is 0 Å². The summed E-state index contributed by atoms with van der Waals surface area (Å²) in [5.74, 6) is 0. The zero-order valence-corrected chi connectivity index (χ0v) is 8.92. The van der Waals surface area contributed by atoms with Crippen LogP contribution in [0.2, 0.25) is 0 Å². The third-order valence-electron chi connectivity index (χ3n) is 2.34. The van der Waals surface area contributed by atoms with Crippen molar-refractivity contribution < 1.29 is 4.79 Å². The quantitative estimate of drug-likeness (QED) is 0.440. The number of unbranched alkanes of at least 4 members (excludes halogenated alkanes) is 1. The summed E-state index contributed by atoms with van der Waals surface area (Å²) >= 11 is 0. The second-order valence-electron chi connectivity index (χ2n) is 3.54. The van der Waals surface area contributed by atoms with Crippen LogP contribution >= 0.6 is 0 Å². The summed E-state index contributed by atoms with van der Waals surface area (Å²) in [5, 5.41) is 7.82. The zero-order chi connectivity index (χ0) is 11.3. The number of anilines is 1. The first-order chi connectivity index (χ1) is 7.19. The largest absolute Gasteiger partial charge is 0.398 e. The molecule has 3 heteroatoms. The number of benzene rings is 1. The first-order valence-electron chi connectivity index (χ1n) is 5.11. The number of hydrogen-bond donors (Lipinski definition) is 2. The highest BCUT2D eigenvalue weighted by molar-refractivity contribution is 6.00. The fourth-order valence-electron chi connectivity index (χ4n) is 1.36. The van der Waals surface area contributed by atoms with Gasteiger partial charge >= 0.3 is 0 Å². The summed E-state index contributed by atoms with van der Waals surface area (Å²) < 4.78 is 0. The van der Waals surface area contributed by atoms with E-state index in [0.717, 1.165) is 31.1 Å². The molecule has 1 rings (SSSR count). The van der Waals surface area contributed by atoms with Gasteiger partial charge in [0.05, 0.1) is 0 Å². The fraction of sp³-hybridized carbons (Fsp3) is 0.333.